The van der Waals surface area contributed by atoms with Crippen molar-refractivity contribution in [1.29, 1.82) is 0 Å². The van der Waals surface area contributed by atoms with Crippen molar-refractivity contribution >= 4 is 22.8 Å². The Bertz CT molecular complexity index is 851. The van der Waals surface area contributed by atoms with E-state index in [1.165, 1.54) is 0 Å². The number of nitrogens with zero attached hydrogens (tertiary/aromatic N) is 3. The Labute approximate surface area is 166 Å². The summed E-state index contributed by atoms with van der Waals surface area (Å²) in [6.45, 7) is 14.7. The summed E-state index contributed by atoms with van der Waals surface area (Å²) in [6.07, 6.45) is 3.96. The molecule has 0 unspecified atom stereocenters. The van der Waals surface area contributed by atoms with Crippen molar-refractivity contribution in [2.75, 3.05) is 19.6 Å². The van der Waals surface area contributed by atoms with E-state index in [9.17, 15) is 9.59 Å². The van der Waals surface area contributed by atoms with Crippen molar-refractivity contribution in [3.8, 4) is 0 Å². The third kappa shape index (κ3) is 5.31. The number of para-hydroxylation sites is 2. The molecule has 0 saturated heterocycles. The molecule has 0 atom stereocenters. The molecule has 0 spiro atoms. The van der Waals surface area contributed by atoms with Gasteiger partial charge in [0.25, 0.3) is 0 Å². The molecule has 2 amide bonds. The van der Waals surface area contributed by atoms with Gasteiger partial charge < -0.3 is 14.8 Å². The summed E-state index contributed by atoms with van der Waals surface area (Å²) in [5.74, 6) is 0.748. The maximum atomic E-state index is 12.8. The van der Waals surface area contributed by atoms with Crippen molar-refractivity contribution in [1.82, 2.24) is 19.8 Å². The molecule has 2 aromatic rings. The highest BCUT2D eigenvalue weighted by Gasteiger charge is 2.21. The van der Waals surface area contributed by atoms with Gasteiger partial charge in [-0.3, -0.25) is 9.59 Å². The molecule has 0 aliphatic heterocycles. The van der Waals surface area contributed by atoms with Crippen molar-refractivity contribution in [2.24, 2.45) is 5.41 Å². The molecule has 1 N–H and O–H groups in total. The highest BCUT2D eigenvalue weighted by Crippen LogP contribution is 2.17. The van der Waals surface area contributed by atoms with Crippen LogP contribution in [0.3, 0.4) is 0 Å². The zero-order chi connectivity index (χ0) is 20.7. The monoisotopic (exact) mass is 382 g/mol. The molecular formula is C22H30N4O2. The van der Waals surface area contributed by atoms with Gasteiger partial charge in [-0.1, -0.05) is 45.1 Å². The van der Waals surface area contributed by atoms with Crippen LogP contribution in [0.15, 0.2) is 49.6 Å². The summed E-state index contributed by atoms with van der Waals surface area (Å²) < 4.78 is 1.93. The van der Waals surface area contributed by atoms with Crippen LogP contribution in [-0.2, 0) is 22.6 Å². The largest absolute Gasteiger partial charge is 0.355 e. The molecule has 0 radical (unpaired) electrons. The van der Waals surface area contributed by atoms with Crippen molar-refractivity contribution < 1.29 is 9.59 Å². The Morgan fingerprint density at radius 3 is 2.43 bits per heavy atom. The molecular weight excluding hydrogens is 352 g/mol. The number of imidazole rings is 1. The second-order valence-electron chi connectivity index (χ2n) is 7.73. The third-order valence-electron chi connectivity index (χ3n) is 4.39. The van der Waals surface area contributed by atoms with Crippen LogP contribution in [0.1, 0.15) is 26.6 Å². The highest BCUT2D eigenvalue weighted by atomic mass is 16.2. The van der Waals surface area contributed by atoms with E-state index < -0.39 is 5.41 Å². The number of rotatable bonds is 9. The Morgan fingerprint density at radius 1 is 1.18 bits per heavy atom. The number of carbonyl (C=O) groups excluding carboxylic acids is 2. The Morgan fingerprint density at radius 2 is 1.82 bits per heavy atom. The first-order valence-electron chi connectivity index (χ1n) is 9.50. The van der Waals surface area contributed by atoms with Crippen LogP contribution in [0.2, 0.25) is 0 Å². The molecule has 0 fully saturated rings. The molecule has 2 rings (SSSR count). The van der Waals surface area contributed by atoms with Crippen LogP contribution in [0.5, 0.6) is 0 Å². The average Bonchev–Trinajstić information content (AvgIpc) is 2.98. The van der Waals surface area contributed by atoms with Gasteiger partial charge in [0.15, 0.2) is 0 Å². The molecule has 1 aromatic heterocycles. The number of fused-ring (bicyclic) bond motifs is 1. The molecule has 28 heavy (non-hydrogen) atoms. The Balaban J connectivity index is 2.22. The number of carbonyl (C=O) groups is 2. The molecule has 6 heteroatoms. The number of benzene rings is 1. The van der Waals surface area contributed by atoms with E-state index in [0.717, 1.165) is 16.9 Å². The summed E-state index contributed by atoms with van der Waals surface area (Å²) >= 11 is 0. The highest BCUT2D eigenvalue weighted by molar-refractivity contribution is 5.82. The van der Waals surface area contributed by atoms with Gasteiger partial charge in [-0.05, 0) is 12.1 Å². The topological polar surface area (TPSA) is 67.2 Å². The van der Waals surface area contributed by atoms with E-state index >= 15 is 0 Å². The zero-order valence-electron chi connectivity index (χ0n) is 17.1. The fraction of sp³-hybridized carbons (Fsp3) is 0.409. The van der Waals surface area contributed by atoms with Crippen LogP contribution in [-0.4, -0.2) is 45.9 Å². The lowest BCUT2D eigenvalue weighted by atomic mass is 9.96. The number of nitrogens with one attached hydrogen (secondary N) is 1. The summed E-state index contributed by atoms with van der Waals surface area (Å²) in [5.41, 5.74) is 1.31. The van der Waals surface area contributed by atoms with Crippen LogP contribution >= 0.6 is 0 Å². The van der Waals surface area contributed by atoms with Gasteiger partial charge in [0.05, 0.1) is 11.0 Å². The lowest BCUT2D eigenvalue weighted by Gasteiger charge is -2.21. The van der Waals surface area contributed by atoms with Gasteiger partial charge >= 0.3 is 0 Å². The standard InChI is InChI=1S/C22H30N4O2/c1-6-14-25(15-7-2)20(27)16-26-18-11-9-8-10-17(18)24-19(26)12-13-23-21(28)22(3,4)5/h6-11H,1-2,12-16H2,3-5H3,(H,23,28). The Kier molecular flexibility index (Phi) is 7.15. The summed E-state index contributed by atoms with van der Waals surface area (Å²) in [5, 5.41) is 2.95. The van der Waals surface area contributed by atoms with Crippen molar-refractivity contribution in [3.05, 3.63) is 55.4 Å². The average molecular weight is 383 g/mol. The van der Waals surface area contributed by atoms with Gasteiger partial charge in [-0.2, -0.15) is 0 Å². The summed E-state index contributed by atoms with van der Waals surface area (Å²) in [7, 11) is 0. The van der Waals surface area contributed by atoms with Gasteiger partial charge in [-0.15, -0.1) is 13.2 Å². The second kappa shape index (κ2) is 9.35. The maximum Gasteiger partial charge on any atom is 0.243 e. The normalized spacial score (nSPS) is 11.2. The number of hydrogen-bond acceptors (Lipinski definition) is 3. The number of aromatic nitrogens is 2. The fourth-order valence-electron chi connectivity index (χ4n) is 2.87. The minimum absolute atomic E-state index is 0.00520. The summed E-state index contributed by atoms with van der Waals surface area (Å²) in [6, 6.07) is 7.74. The van der Waals surface area contributed by atoms with E-state index in [1.54, 1.807) is 17.1 Å². The molecule has 150 valence electrons. The van der Waals surface area contributed by atoms with Gasteiger partial charge in [0.2, 0.25) is 11.8 Å². The predicted molar refractivity (Wildman–Crippen MR) is 113 cm³/mol. The zero-order valence-corrected chi connectivity index (χ0v) is 17.1. The summed E-state index contributed by atoms with van der Waals surface area (Å²) in [4.78, 5) is 31.3. The Hall–Kier alpha value is -2.89. The van der Waals surface area contributed by atoms with E-state index in [-0.39, 0.29) is 18.4 Å². The third-order valence-corrected chi connectivity index (χ3v) is 4.39. The maximum absolute atomic E-state index is 12.8. The minimum atomic E-state index is -0.439. The van der Waals surface area contributed by atoms with E-state index in [0.29, 0.717) is 26.1 Å². The number of amides is 2. The van der Waals surface area contributed by atoms with E-state index in [4.69, 9.17) is 0 Å². The van der Waals surface area contributed by atoms with Gasteiger partial charge in [-0.25, -0.2) is 4.98 Å². The minimum Gasteiger partial charge on any atom is -0.355 e. The molecule has 6 nitrogen and oxygen atoms in total. The second-order valence-corrected chi connectivity index (χ2v) is 7.73. The molecule has 1 aromatic carbocycles. The lowest BCUT2D eigenvalue weighted by Crippen LogP contribution is -2.37. The van der Waals surface area contributed by atoms with Crippen LogP contribution in [0.25, 0.3) is 11.0 Å². The lowest BCUT2D eigenvalue weighted by molar-refractivity contribution is -0.131. The molecule has 0 aliphatic carbocycles. The van der Waals surface area contributed by atoms with Crippen molar-refractivity contribution in [2.45, 2.75) is 33.7 Å². The molecule has 0 bridgehead atoms. The number of hydrogen-bond donors (Lipinski definition) is 1. The van der Waals surface area contributed by atoms with Crippen LogP contribution in [0.4, 0.5) is 0 Å². The van der Waals surface area contributed by atoms with Crippen LogP contribution in [0, 0.1) is 5.41 Å². The van der Waals surface area contributed by atoms with E-state index in [1.807, 2.05) is 49.6 Å². The van der Waals surface area contributed by atoms with E-state index in [2.05, 4.69) is 23.5 Å². The van der Waals surface area contributed by atoms with Crippen molar-refractivity contribution in [3.63, 3.8) is 0 Å². The fourth-order valence-corrected chi connectivity index (χ4v) is 2.87. The van der Waals surface area contributed by atoms with Crippen LogP contribution < -0.4 is 5.32 Å². The SMILES string of the molecule is C=CCN(CC=C)C(=O)Cn1c(CCNC(=O)C(C)(C)C)nc2ccccc21. The molecule has 0 saturated carbocycles. The first-order chi connectivity index (χ1) is 13.3. The van der Waals surface area contributed by atoms with Gasteiger partial charge in [0, 0.05) is 31.5 Å². The molecule has 0 aliphatic rings. The first kappa shape index (κ1) is 21.4. The smallest absolute Gasteiger partial charge is 0.243 e. The van der Waals surface area contributed by atoms with Gasteiger partial charge in [0.1, 0.15) is 12.4 Å². The quantitative estimate of drug-likeness (QED) is 0.678. The molecule has 1 heterocycles. The first-order valence-corrected chi connectivity index (χ1v) is 9.50. The predicted octanol–water partition coefficient (Wildman–Crippen LogP) is 2.94.